The molecule has 1 fully saturated rings. The van der Waals surface area contributed by atoms with Crippen molar-refractivity contribution in [3.05, 3.63) is 12.2 Å². The van der Waals surface area contributed by atoms with E-state index in [4.69, 9.17) is 4.74 Å². The van der Waals surface area contributed by atoms with Crippen LogP contribution in [-0.2, 0) is 14.3 Å². The van der Waals surface area contributed by atoms with E-state index in [1.165, 1.54) is 7.11 Å². The maximum Gasteiger partial charge on any atom is 0.308 e. The smallest absolute Gasteiger partial charge is 0.308 e. The number of rotatable bonds is 2. The van der Waals surface area contributed by atoms with Gasteiger partial charge in [0.1, 0.15) is 0 Å². The number of hydrogen-bond acceptors (Lipinski definition) is 3. The lowest BCUT2D eigenvalue weighted by molar-refractivity contribution is -0.143. The summed E-state index contributed by atoms with van der Waals surface area (Å²) in [5.41, 5.74) is 0. The second-order valence-corrected chi connectivity index (χ2v) is 3.65. The number of carbonyl (C=O) groups is 1. The van der Waals surface area contributed by atoms with E-state index in [1.807, 2.05) is 0 Å². The molecule has 3 nitrogen and oxygen atoms in total. The van der Waals surface area contributed by atoms with Gasteiger partial charge in [-0.15, -0.1) is 0 Å². The molecule has 3 heteroatoms. The van der Waals surface area contributed by atoms with Crippen LogP contribution in [0.4, 0.5) is 0 Å². The maximum atomic E-state index is 11.0. The Morgan fingerprint density at radius 2 is 2.54 bits per heavy atom. The predicted molar refractivity (Wildman–Crippen MR) is 47.1 cm³/mol. The Morgan fingerprint density at radius 1 is 1.69 bits per heavy atom. The fraction of sp³-hybridized carbons (Fsp3) is 0.700. The van der Waals surface area contributed by atoms with Crippen molar-refractivity contribution < 1.29 is 14.3 Å². The highest BCUT2D eigenvalue weighted by atomic mass is 16.5. The minimum Gasteiger partial charge on any atom is -0.469 e. The maximum absolute atomic E-state index is 11.0. The highest BCUT2D eigenvalue weighted by molar-refractivity contribution is 5.69. The molecule has 0 spiro atoms. The quantitative estimate of drug-likeness (QED) is 0.474. The van der Waals surface area contributed by atoms with Gasteiger partial charge in [0.05, 0.1) is 26.2 Å². The monoisotopic (exact) mass is 182 g/mol. The van der Waals surface area contributed by atoms with Gasteiger partial charge in [-0.2, -0.15) is 0 Å². The normalized spacial score (nSPS) is 36.2. The average Bonchev–Trinajstić information content (AvgIpc) is 2.69. The van der Waals surface area contributed by atoms with E-state index < -0.39 is 0 Å². The van der Waals surface area contributed by atoms with Crippen molar-refractivity contribution in [2.45, 2.75) is 18.9 Å². The molecule has 13 heavy (non-hydrogen) atoms. The van der Waals surface area contributed by atoms with E-state index >= 15 is 0 Å². The number of hydrogen-bond donors (Lipinski definition) is 0. The Labute approximate surface area is 77.7 Å². The molecule has 1 saturated heterocycles. The molecule has 0 aromatic carbocycles. The third-order valence-corrected chi connectivity index (χ3v) is 2.89. The molecule has 0 N–H and O–H groups in total. The second-order valence-electron chi connectivity index (χ2n) is 3.65. The molecule has 1 unspecified atom stereocenters. The van der Waals surface area contributed by atoms with Gasteiger partial charge in [-0.05, 0) is 12.3 Å². The third kappa shape index (κ3) is 1.61. The van der Waals surface area contributed by atoms with Crippen LogP contribution in [0.1, 0.15) is 12.8 Å². The van der Waals surface area contributed by atoms with E-state index in [1.54, 1.807) is 0 Å². The first-order valence-corrected chi connectivity index (χ1v) is 4.66. The molecule has 0 bridgehead atoms. The van der Waals surface area contributed by atoms with Crippen molar-refractivity contribution in [3.8, 4) is 0 Å². The van der Waals surface area contributed by atoms with Gasteiger partial charge in [0.2, 0.25) is 0 Å². The number of methoxy groups -OCH3 is 1. The summed E-state index contributed by atoms with van der Waals surface area (Å²) in [6.45, 7) is 0.791. The number of carbonyl (C=O) groups excluding carboxylic acids is 1. The third-order valence-electron chi connectivity index (χ3n) is 2.89. The summed E-state index contributed by atoms with van der Waals surface area (Å²) < 4.78 is 10.2. The minimum absolute atomic E-state index is 0.0520. The van der Waals surface area contributed by atoms with E-state index in [-0.39, 0.29) is 12.1 Å². The highest BCUT2D eigenvalue weighted by Crippen LogP contribution is 2.37. The summed E-state index contributed by atoms with van der Waals surface area (Å²) in [4.78, 5) is 11.0. The van der Waals surface area contributed by atoms with Gasteiger partial charge in [-0.3, -0.25) is 4.79 Å². The van der Waals surface area contributed by atoms with Crippen LogP contribution in [0.5, 0.6) is 0 Å². The zero-order valence-electron chi connectivity index (χ0n) is 7.73. The molecule has 0 saturated carbocycles. The van der Waals surface area contributed by atoms with Crippen LogP contribution in [0.25, 0.3) is 0 Å². The van der Waals surface area contributed by atoms with Crippen molar-refractivity contribution in [3.63, 3.8) is 0 Å². The van der Waals surface area contributed by atoms with Crippen LogP contribution in [0.3, 0.4) is 0 Å². The Morgan fingerprint density at radius 3 is 3.31 bits per heavy atom. The van der Waals surface area contributed by atoms with Crippen LogP contribution in [0.15, 0.2) is 12.2 Å². The average molecular weight is 182 g/mol. The summed E-state index contributed by atoms with van der Waals surface area (Å²) in [5, 5.41) is 0. The topological polar surface area (TPSA) is 35.5 Å². The first-order valence-electron chi connectivity index (χ1n) is 4.66. The van der Waals surface area contributed by atoms with Crippen molar-refractivity contribution in [1.29, 1.82) is 0 Å². The molecular formula is C10H14O3. The molecule has 1 aliphatic carbocycles. The predicted octanol–water partition coefficient (Wildman–Crippen LogP) is 1.14. The molecule has 0 radical (unpaired) electrons. The Balaban J connectivity index is 1.93. The molecular weight excluding hydrogens is 168 g/mol. The second kappa shape index (κ2) is 3.50. The number of allylic oxidation sites excluding steroid dienone is 1. The van der Waals surface area contributed by atoms with Crippen LogP contribution in [0, 0.1) is 11.8 Å². The molecule has 2 rings (SSSR count). The van der Waals surface area contributed by atoms with E-state index in [2.05, 4.69) is 16.9 Å². The van der Waals surface area contributed by atoms with Crippen LogP contribution < -0.4 is 0 Å². The zero-order valence-corrected chi connectivity index (χ0v) is 7.73. The van der Waals surface area contributed by atoms with Gasteiger partial charge in [0, 0.05) is 5.92 Å². The lowest BCUT2D eigenvalue weighted by atomic mass is 9.93. The lowest BCUT2D eigenvalue weighted by Gasteiger charge is -2.13. The Hall–Kier alpha value is -0.830. The molecule has 2 aliphatic rings. The van der Waals surface area contributed by atoms with E-state index in [9.17, 15) is 4.79 Å². The van der Waals surface area contributed by atoms with Gasteiger partial charge >= 0.3 is 5.97 Å². The molecule has 1 aliphatic heterocycles. The van der Waals surface area contributed by atoms with Gasteiger partial charge in [-0.25, -0.2) is 0 Å². The molecule has 3 atom stereocenters. The largest absolute Gasteiger partial charge is 0.469 e. The summed E-state index contributed by atoms with van der Waals surface area (Å²) in [5.74, 6) is 0.875. The van der Waals surface area contributed by atoms with Crippen LogP contribution >= 0.6 is 0 Å². The Bertz CT molecular complexity index is 234. The molecule has 72 valence electrons. The standard InChI is InChI=1S/C10H14O3/c1-12-10(11)5-9-8-4-2-3-7(8)6-13-9/h2,4,7-9H,3,5-6H2,1H3/t7-,8-,9?/m0/s1. The summed E-state index contributed by atoms with van der Waals surface area (Å²) >= 11 is 0. The molecule has 0 aromatic heterocycles. The first-order chi connectivity index (χ1) is 6.31. The Kier molecular flexibility index (Phi) is 2.36. The molecule has 0 aromatic rings. The minimum atomic E-state index is -0.175. The van der Waals surface area contributed by atoms with E-state index in [0.717, 1.165) is 13.0 Å². The van der Waals surface area contributed by atoms with Crippen molar-refractivity contribution >= 4 is 5.97 Å². The van der Waals surface area contributed by atoms with Crippen LogP contribution in [0.2, 0.25) is 0 Å². The van der Waals surface area contributed by atoms with Crippen molar-refractivity contribution in [1.82, 2.24) is 0 Å². The van der Waals surface area contributed by atoms with Gasteiger partial charge < -0.3 is 9.47 Å². The van der Waals surface area contributed by atoms with Gasteiger partial charge in [-0.1, -0.05) is 12.2 Å². The number of fused-ring (bicyclic) bond motifs is 1. The zero-order chi connectivity index (χ0) is 9.26. The molecule has 0 amide bonds. The van der Waals surface area contributed by atoms with Crippen molar-refractivity contribution in [2.24, 2.45) is 11.8 Å². The fourth-order valence-corrected chi connectivity index (χ4v) is 2.13. The van der Waals surface area contributed by atoms with Gasteiger partial charge in [0.15, 0.2) is 0 Å². The SMILES string of the molecule is COC(=O)CC1OC[C@@H]2CC=C[C@H]12. The van der Waals surface area contributed by atoms with Gasteiger partial charge in [0.25, 0.3) is 0 Å². The number of esters is 1. The summed E-state index contributed by atoms with van der Waals surface area (Å²) in [7, 11) is 1.42. The summed E-state index contributed by atoms with van der Waals surface area (Å²) in [6, 6.07) is 0. The lowest BCUT2D eigenvalue weighted by Crippen LogP contribution is -2.20. The number of ether oxygens (including phenoxy) is 2. The first kappa shape index (κ1) is 8.75. The van der Waals surface area contributed by atoms with Crippen LogP contribution in [-0.4, -0.2) is 25.8 Å². The van der Waals surface area contributed by atoms with Crippen molar-refractivity contribution in [2.75, 3.05) is 13.7 Å². The summed E-state index contributed by atoms with van der Waals surface area (Å²) in [6.07, 6.45) is 5.90. The van der Waals surface area contributed by atoms with E-state index in [0.29, 0.717) is 18.3 Å². The highest BCUT2D eigenvalue weighted by Gasteiger charge is 2.38. The fourth-order valence-electron chi connectivity index (χ4n) is 2.13. The molecule has 1 heterocycles.